The number of hydrogen-bond acceptors (Lipinski definition) is 2. The predicted octanol–water partition coefficient (Wildman–Crippen LogP) is 3.69. The Morgan fingerprint density at radius 2 is 1.81 bits per heavy atom. The molecule has 1 saturated carbocycles. The van der Waals surface area contributed by atoms with E-state index in [9.17, 15) is 4.79 Å². The zero-order valence-corrected chi connectivity index (χ0v) is 13.7. The molecule has 1 amide bonds. The third-order valence-corrected chi connectivity index (χ3v) is 4.41. The van der Waals surface area contributed by atoms with Crippen LogP contribution < -0.4 is 10.1 Å². The summed E-state index contributed by atoms with van der Waals surface area (Å²) in [5, 5.41) is 3.13. The summed E-state index contributed by atoms with van der Waals surface area (Å²) in [5.41, 5.74) is 3.40. The number of hydrogen-bond donors (Lipinski definition) is 1. The highest BCUT2D eigenvalue weighted by Gasteiger charge is 2.22. The van der Waals surface area contributed by atoms with E-state index in [1.807, 2.05) is 13.8 Å². The second kappa shape index (κ2) is 6.97. The van der Waals surface area contributed by atoms with E-state index in [1.165, 1.54) is 24.8 Å². The highest BCUT2D eigenvalue weighted by molar-refractivity contribution is 5.78. The van der Waals surface area contributed by atoms with Gasteiger partial charge in [-0.15, -0.1) is 0 Å². The highest BCUT2D eigenvalue weighted by Crippen LogP contribution is 2.25. The van der Waals surface area contributed by atoms with Gasteiger partial charge in [0.2, 0.25) is 0 Å². The van der Waals surface area contributed by atoms with Crippen molar-refractivity contribution >= 4 is 5.91 Å². The third-order valence-electron chi connectivity index (χ3n) is 4.41. The van der Waals surface area contributed by atoms with Crippen LogP contribution in [0.4, 0.5) is 0 Å². The van der Waals surface area contributed by atoms with E-state index in [4.69, 9.17) is 4.74 Å². The van der Waals surface area contributed by atoms with Crippen molar-refractivity contribution in [2.45, 2.75) is 59.4 Å². The van der Waals surface area contributed by atoms with E-state index < -0.39 is 0 Å². The zero-order chi connectivity index (χ0) is 15.4. The first kappa shape index (κ1) is 15.9. The van der Waals surface area contributed by atoms with E-state index in [2.05, 4.69) is 31.3 Å². The van der Waals surface area contributed by atoms with Gasteiger partial charge in [-0.05, 0) is 50.7 Å². The van der Waals surface area contributed by atoms with Gasteiger partial charge in [0, 0.05) is 6.04 Å². The Kier molecular flexibility index (Phi) is 5.27. The van der Waals surface area contributed by atoms with Crippen molar-refractivity contribution in [2.24, 2.45) is 5.92 Å². The van der Waals surface area contributed by atoms with Crippen LogP contribution in [0.3, 0.4) is 0 Å². The maximum atomic E-state index is 12.1. The quantitative estimate of drug-likeness (QED) is 0.918. The van der Waals surface area contributed by atoms with Crippen molar-refractivity contribution in [1.29, 1.82) is 0 Å². The average molecular weight is 289 g/mol. The van der Waals surface area contributed by atoms with Crippen LogP contribution in [0.25, 0.3) is 0 Å². The van der Waals surface area contributed by atoms with Crippen LogP contribution in [-0.4, -0.2) is 18.6 Å². The summed E-state index contributed by atoms with van der Waals surface area (Å²) >= 11 is 0. The fourth-order valence-corrected chi connectivity index (χ4v) is 3.31. The lowest BCUT2D eigenvalue weighted by atomic mass is 9.86. The number of carbonyl (C=O) groups excluding carboxylic acids is 1. The fraction of sp³-hybridized carbons (Fsp3) is 0.611. The maximum Gasteiger partial charge on any atom is 0.258 e. The minimum Gasteiger partial charge on any atom is -0.483 e. The molecule has 3 nitrogen and oxygen atoms in total. The maximum absolute atomic E-state index is 12.1. The van der Waals surface area contributed by atoms with Gasteiger partial charge in [0.05, 0.1) is 0 Å². The van der Waals surface area contributed by atoms with Gasteiger partial charge in [-0.25, -0.2) is 0 Å². The Morgan fingerprint density at radius 1 is 1.19 bits per heavy atom. The van der Waals surface area contributed by atoms with Gasteiger partial charge >= 0.3 is 0 Å². The Labute approximate surface area is 128 Å². The van der Waals surface area contributed by atoms with E-state index in [0.717, 1.165) is 23.3 Å². The summed E-state index contributed by atoms with van der Waals surface area (Å²) in [4.78, 5) is 12.1. The highest BCUT2D eigenvalue weighted by atomic mass is 16.5. The fourth-order valence-electron chi connectivity index (χ4n) is 3.31. The summed E-state index contributed by atoms with van der Waals surface area (Å²) in [6, 6.07) is 4.49. The molecular weight excluding hydrogens is 262 g/mol. The smallest absolute Gasteiger partial charge is 0.258 e. The van der Waals surface area contributed by atoms with Crippen molar-refractivity contribution in [3.63, 3.8) is 0 Å². The molecule has 2 atom stereocenters. The number of carbonyl (C=O) groups is 1. The topological polar surface area (TPSA) is 38.3 Å². The first-order chi connectivity index (χ1) is 9.97. The van der Waals surface area contributed by atoms with Crippen LogP contribution in [-0.2, 0) is 4.79 Å². The molecule has 2 rings (SSSR count). The molecule has 0 aromatic heterocycles. The molecule has 1 aromatic rings. The van der Waals surface area contributed by atoms with E-state index >= 15 is 0 Å². The summed E-state index contributed by atoms with van der Waals surface area (Å²) in [6.07, 6.45) is 4.80. The molecule has 0 heterocycles. The zero-order valence-electron chi connectivity index (χ0n) is 13.7. The molecule has 1 aliphatic carbocycles. The van der Waals surface area contributed by atoms with Crippen molar-refractivity contribution in [2.75, 3.05) is 6.61 Å². The normalized spacial score (nSPS) is 21.9. The van der Waals surface area contributed by atoms with Crippen LogP contribution in [0.1, 0.15) is 49.3 Å². The van der Waals surface area contributed by atoms with E-state index in [0.29, 0.717) is 12.0 Å². The molecule has 116 valence electrons. The van der Waals surface area contributed by atoms with Crippen LogP contribution in [0, 0.1) is 26.7 Å². The number of benzene rings is 1. The predicted molar refractivity (Wildman–Crippen MR) is 85.7 cm³/mol. The van der Waals surface area contributed by atoms with Gasteiger partial charge in [-0.3, -0.25) is 4.79 Å². The molecule has 1 N–H and O–H groups in total. The van der Waals surface area contributed by atoms with Gasteiger partial charge in [-0.2, -0.15) is 0 Å². The van der Waals surface area contributed by atoms with Crippen LogP contribution in [0.15, 0.2) is 12.1 Å². The minimum atomic E-state index is -0.00637. The SMILES string of the molecule is Cc1cc(C)c(OCC(=O)N[C@@H]2CCCC[C@H]2C)c(C)c1. The van der Waals surface area contributed by atoms with Crippen molar-refractivity contribution in [1.82, 2.24) is 5.32 Å². The number of rotatable bonds is 4. The van der Waals surface area contributed by atoms with Crippen LogP contribution in [0.5, 0.6) is 5.75 Å². The second-order valence-electron chi connectivity index (χ2n) is 6.45. The number of ether oxygens (including phenoxy) is 1. The number of nitrogens with one attached hydrogen (secondary N) is 1. The first-order valence-electron chi connectivity index (χ1n) is 7.97. The Hall–Kier alpha value is -1.51. The lowest BCUT2D eigenvalue weighted by Crippen LogP contribution is -2.43. The molecule has 0 spiro atoms. The van der Waals surface area contributed by atoms with Gasteiger partial charge < -0.3 is 10.1 Å². The lowest BCUT2D eigenvalue weighted by molar-refractivity contribution is -0.124. The first-order valence-corrected chi connectivity index (χ1v) is 7.97. The molecule has 0 aliphatic heterocycles. The van der Waals surface area contributed by atoms with E-state index in [-0.39, 0.29) is 12.5 Å². The number of amides is 1. The second-order valence-corrected chi connectivity index (χ2v) is 6.45. The summed E-state index contributed by atoms with van der Waals surface area (Å²) in [6.45, 7) is 8.45. The summed E-state index contributed by atoms with van der Waals surface area (Å²) in [7, 11) is 0. The van der Waals surface area contributed by atoms with Crippen molar-refractivity contribution in [3.8, 4) is 5.75 Å². The molecule has 0 radical (unpaired) electrons. The van der Waals surface area contributed by atoms with Crippen molar-refractivity contribution < 1.29 is 9.53 Å². The average Bonchev–Trinajstić information content (AvgIpc) is 2.40. The molecule has 0 saturated heterocycles. The lowest BCUT2D eigenvalue weighted by Gasteiger charge is -2.29. The molecule has 1 aromatic carbocycles. The molecule has 21 heavy (non-hydrogen) atoms. The van der Waals surface area contributed by atoms with E-state index in [1.54, 1.807) is 0 Å². The van der Waals surface area contributed by atoms with Gasteiger partial charge in [-0.1, -0.05) is 37.5 Å². The van der Waals surface area contributed by atoms with Gasteiger partial charge in [0.15, 0.2) is 6.61 Å². The van der Waals surface area contributed by atoms with Crippen molar-refractivity contribution in [3.05, 3.63) is 28.8 Å². The van der Waals surface area contributed by atoms with Crippen LogP contribution >= 0.6 is 0 Å². The summed E-state index contributed by atoms with van der Waals surface area (Å²) < 4.78 is 5.75. The number of aryl methyl sites for hydroxylation is 3. The van der Waals surface area contributed by atoms with Gasteiger partial charge in [0.1, 0.15) is 5.75 Å². The molecule has 0 bridgehead atoms. The Bertz CT molecular complexity index is 487. The molecular formula is C18H27NO2. The standard InChI is InChI=1S/C18H27NO2/c1-12-9-14(3)18(15(4)10-12)21-11-17(20)19-16-8-6-5-7-13(16)2/h9-10,13,16H,5-8,11H2,1-4H3,(H,19,20)/t13-,16-/m1/s1. The largest absolute Gasteiger partial charge is 0.483 e. The molecule has 3 heteroatoms. The van der Waals surface area contributed by atoms with Crippen LogP contribution in [0.2, 0.25) is 0 Å². The molecule has 1 aliphatic rings. The third kappa shape index (κ3) is 4.23. The Morgan fingerprint density at radius 3 is 2.43 bits per heavy atom. The minimum absolute atomic E-state index is 0.00637. The molecule has 1 fully saturated rings. The summed E-state index contributed by atoms with van der Waals surface area (Å²) in [5.74, 6) is 1.41. The molecule has 0 unspecified atom stereocenters. The Balaban J connectivity index is 1.89. The van der Waals surface area contributed by atoms with Gasteiger partial charge in [0.25, 0.3) is 5.91 Å². The monoisotopic (exact) mass is 289 g/mol.